The van der Waals surface area contributed by atoms with Gasteiger partial charge in [-0.25, -0.2) is 0 Å². The van der Waals surface area contributed by atoms with Gasteiger partial charge in [0.25, 0.3) is 0 Å². The summed E-state index contributed by atoms with van der Waals surface area (Å²) in [4.78, 5) is 26.7. The monoisotopic (exact) mass is 411 g/mol. The van der Waals surface area contributed by atoms with Crippen LogP contribution in [0.2, 0.25) is 0 Å². The van der Waals surface area contributed by atoms with Crippen molar-refractivity contribution in [2.24, 2.45) is 11.8 Å². The number of aromatic nitrogens is 3. The van der Waals surface area contributed by atoms with E-state index in [9.17, 15) is 9.59 Å². The van der Waals surface area contributed by atoms with E-state index in [2.05, 4.69) is 20.5 Å². The van der Waals surface area contributed by atoms with Gasteiger partial charge in [0.05, 0.1) is 18.7 Å². The first-order valence-electron chi connectivity index (χ1n) is 10.4. The minimum Gasteiger partial charge on any atom is -0.454 e. The number of hydrogen-bond acceptors (Lipinski definition) is 7. The average Bonchev–Trinajstić information content (AvgIpc) is 3.41. The van der Waals surface area contributed by atoms with Gasteiger partial charge in [-0.2, -0.15) is 0 Å². The summed E-state index contributed by atoms with van der Waals surface area (Å²) in [5.74, 6) is 1.89. The van der Waals surface area contributed by atoms with Crippen molar-refractivity contribution in [1.29, 1.82) is 0 Å². The highest BCUT2D eigenvalue weighted by molar-refractivity contribution is 5.91. The minimum atomic E-state index is -0.0779. The standard InChI is InChI=1S/C21H25N5O4/c1-13(27)18-11-26(24-23-18)9-16-7-15-4-5-25(16)10-17(15)21(28)22-8-14-2-3-19-20(6-14)30-12-29-19/h2-3,6,11,15-17H,4-5,7-10,12H2,1H3,(H,22,28)/t15-,16+,17-/m0/s1. The van der Waals surface area contributed by atoms with Crippen LogP contribution in [-0.4, -0.2) is 57.5 Å². The van der Waals surface area contributed by atoms with Gasteiger partial charge in [0.2, 0.25) is 12.7 Å². The smallest absolute Gasteiger partial charge is 0.231 e. The number of ether oxygens (including phenoxy) is 2. The molecule has 1 N–H and O–H groups in total. The molecule has 0 spiro atoms. The molecule has 0 saturated carbocycles. The molecule has 1 aromatic carbocycles. The molecule has 3 fully saturated rings. The lowest BCUT2D eigenvalue weighted by Gasteiger charge is -2.49. The summed E-state index contributed by atoms with van der Waals surface area (Å²) in [7, 11) is 0. The van der Waals surface area contributed by atoms with Gasteiger partial charge in [-0.3, -0.25) is 19.2 Å². The van der Waals surface area contributed by atoms with Crippen LogP contribution in [0.15, 0.2) is 24.4 Å². The first-order chi connectivity index (χ1) is 14.6. The van der Waals surface area contributed by atoms with Crippen molar-refractivity contribution in [3.8, 4) is 11.5 Å². The molecular weight excluding hydrogens is 386 g/mol. The number of benzene rings is 1. The van der Waals surface area contributed by atoms with Crippen LogP contribution in [0.3, 0.4) is 0 Å². The zero-order valence-electron chi connectivity index (χ0n) is 16.9. The van der Waals surface area contributed by atoms with Crippen molar-refractivity contribution in [3.05, 3.63) is 35.7 Å². The lowest BCUT2D eigenvalue weighted by Crippen LogP contribution is -2.58. The lowest BCUT2D eigenvalue weighted by molar-refractivity contribution is -0.133. The molecule has 4 aliphatic heterocycles. The van der Waals surface area contributed by atoms with E-state index in [1.807, 2.05) is 18.2 Å². The molecule has 2 bridgehead atoms. The maximum Gasteiger partial charge on any atom is 0.231 e. The SMILES string of the molecule is CC(=O)c1cn(C[C@H]2C[C@@H]3CCN2C[C@@H]3C(=O)NCc2ccc3c(c2)OCO3)nn1. The fraction of sp³-hybridized carbons (Fsp3) is 0.524. The van der Waals surface area contributed by atoms with Crippen LogP contribution in [0.5, 0.6) is 11.5 Å². The van der Waals surface area contributed by atoms with Crippen molar-refractivity contribution < 1.29 is 19.1 Å². The third kappa shape index (κ3) is 3.65. The Balaban J connectivity index is 1.17. The molecule has 3 saturated heterocycles. The zero-order chi connectivity index (χ0) is 20.7. The van der Waals surface area contributed by atoms with E-state index in [1.165, 1.54) is 6.92 Å². The van der Waals surface area contributed by atoms with Crippen molar-refractivity contribution in [1.82, 2.24) is 25.2 Å². The second kappa shape index (κ2) is 7.71. The number of rotatable bonds is 6. The van der Waals surface area contributed by atoms with Crippen molar-refractivity contribution >= 4 is 11.7 Å². The highest BCUT2D eigenvalue weighted by Gasteiger charge is 2.43. The number of hydrogen-bond donors (Lipinski definition) is 1. The number of nitrogens with zero attached hydrogens (tertiary/aromatic N) is 4. The normalized spacial score (nSPS) is 26.6. The number of amides is 1. The van der Waals surface area contributed by atoms with Gasteiger partial charge < -0.3 is 14.8 Å². The van der Waals surface area contributed by atoms with Crippen LogP contribution in [0.25, 0.3) is 0 Å². The number of fused-ring (bicyclic) bond motifs is 4. The molecule has 4 atom stereocenters. The molecule has 9 heteroatoms. The second-order valence-electron chi connectivity index (χ2n) is 8.33. The van der Waals surface area contributed by atoms with Crippen LogP contribution >= 0.6 is 0 Å². The molecule has 4 aliphatic rings. The largest absolute Gasteiger partial charge is 0.454 e. The molecule has 158 valence electrons. The molecule has 0 radical (unpaired) electrons. The van der Waals surface area contributed by atoms with Crippen LogP contribution in [0, 0.1) is 11.8 Å². The first-order valence-corrected chi connectivity index (χ1v) is 10.4. The first kappa shape index (κ1) is 19.0. The number of ketones is 1. The third-order valence-electron chi connectivity index (χ3n) is 6.42. The van der Waals surface area contributed by atoms with Crippen LogP contribution in [0.1, 0.15) is 35.8 Å². The number of carbonyl (C=O) groups excluding carboxylic acids is 2. The molecule has 2 aromatic rings. The number of nitrogens with one attached hydrogen (secondary N) is 1. The summed E-state index contributed by atoms with van der Waals surface area (Å²) in [5, 5.41) is 11.1. The molecule has 0 aliphatic carbocycles. The summed E-state index contributed by atoms with van der Waals surface area (Å²) >= 11 is 0. The van der Waals surface area contributed by atoms with Gasteiger partial charge in [0.1, 0.15) is 5.69 Å². The summed E-state index contributed by atoms with van der Waals surface area (Å²) in [5.41, 5.74) is 1.39. The third-order valence-corrected chi connectivity index (χ3v) is 6.42. The fourth-order valence-corrected chi connectivity index (χ4v) is 4.76. The second-order valence-corrected chi connectivity index (χ2v) is 8.33. The Morgan fingerprint density at radius 1 is 1.27 bits per heavy atom. The van der Waals surface area contributed by atoms with E-state index in [-0.39, 0.29) is 24.4 Å². The quantitative estimate of drug-likeness (QED) is 0.714. The van der Waals surface area contributed by atoms with Gasteiger partial charge in [-0.15, -0.1) is 5.10 Å². The van der Waals surface area contributed by atoms with E-state index in [0.717, 1.165) is 43.0 Å². The molecular formula is C21H25N5O4. The highest BCUT2D eigenvalue weighted by Crippen LogP contribution is 2.37. The summed E-state index contributed by atoms with van der Waals surface area (Å²) < 4.78 is 12.5. The Bertz CT molecular complexity index is 974. The van der Waals surface area contributed by atoms with E-state index in [4.69, 9.17) is 9.47 Å². The molecule has 30 heavy (non-hydrogen) atoms. The maximum atomic E-state index is 12.9. The van der Waals surface area contributed by atoms with E-state index >= 15 is 0 Å². The highest BCUT2D eigenvalue weighted by atomic mass is 16.7. The summed E-state index contributed by atoms with van der Waals surface area (Å²) in [6.07, 6.45) is 3.70. The Morgan fingerprint density at radius 3 is 2.90 bits per heavy atom. The maximum absolute atomic E-state index is 12.9. The van der Waals surface area contributed by atoms with E-state index in [1.54, 1.807) is 10.9 Å². The van der Waals surface area contributed by atoms with Crippen LogP contribution in [0.4, 0.5) is 0 Å². The van der Waals surface area contributed by atoms with Crippen molar-refractivity contribution in [2.75, 3.05) is 19.9 Å². The Kier molecular flexibility index (Phi) is 4.90. The molecule has 1 amide bonds. The molecule has 5 heterocycles. The Hall–Kier alpha value is -2.94. The Morgan fingerprint density at radius 2 is 2.13 bits per heavy atom. The van der Waals surface area contributed by atoms with Crippen LogP contribution in [-0.2, 0) is 17.9 Å². The molecule has 1 aromatic heterocycles. The number of carbonyl (C=O) groups is 2. The summed E-state index contributed by atoms with van der Waals surface area (Å²) in [6, 6.07) is 6.07. The predicted octanol–water partition coefficient (Wildman–Crippen LogP) is 1.24. The summed E-state index contributed by atoms with van der Waals surface area (Å²) in [6.45, 7) is 4.67. The Labute approximate surface area is 174 Å². The minimum absolute atomic E-state index is 0.00698. The average molecular weight is 411 g/mol. The molecule has 1 unspecified atom stereocenters. The fourth-order valence-electron chi connectivity index (χ4n) is 4.76. The van der Waals surface area contributed by atoms with Gasteiger partial charge in [0, 0.05) is 26.1 Å². The van der Waals surface area contributed by atoms with Crippen molar-refractivity contribution in [3.63, 3.8) is 0 Å². The van der Waals surface area contributed by atoms with E-state index < -0.39 is 0 Å². The molecule has 9 nitrogen and oxygen atoms in total. The van der Waals surface area contributed by atoms with Gasteiger partial charge in [-0.1, -0.05) is 11.3 Å². The topological polar surface area (TPSA) is 98.6 Å². The number of piperidine rings is 3. The van der Waals surface area contributed by atoms with Gasteiger partial charge in [0.15, 0.2) is 17.3 Å². The van der Waals surface area contributed by atoms with Crippen LogP contribution < -0.4 is 14.8 Å². The lowest BCUT2D eigenvalue weighted by atomic mass is 9.75. The number of Topliss-reactive ketones (excluding diaryl/α,β-unsaturated/α-hetero) is 1. The van der Waals surface area contributed by atoms with E-state index in [0.29, 0.717) is 30.7 Å². The molecule has 6 rings (SSSR count). The van der Waals surface area contributed by atoms with Gasteiger partial charge >= 0.3 is 0 Å². The van der Waals surface area contributed by atoms with Gasteiger partial charge in [-0.05, 0) is 43.0 Å². The van der Waals surface area contributed by atoms with Crippen molar-refractivity contribution in [2.45, 2.75) is 38.9 Å². The zero-order valence-corrected chi connectivity index (χ0v) is 16.9. The predicted molar refractivity (Wildman–Crippen MR) is 106 cm³/mol.